The van der Waals surface area contributed by atoms with Gasteiger partial charge in [-0.05, 0) is 109 Å². The molecule has 0 aliphatic rings. The van der Waals surface area contributed by atoms with E-state index in [1.54, 1.807) is 0 Å². The first kappa shape index (κ1) is 86.7. The Kier molecular flexibility index (Phi) is 68.1. The van der Waals surface area contributed by atoms with Crippen molar-refractivity contribution in [2.24, 2.45) is 0 Å². The minimum absolute atomic E-state index is 0.180. The molecule has 0 fully saturated rings. The molecule has 0 bridgehead atoms. The van der Waals surface area contributed by atoms with Gasteiger partial charge in [-0.25, -0.2) is 4.79 Å². The first-order valence-electron chi connectivity index (χ1n) is 37.7. The lowest BCUT2D eigenvalue weighted by atomic mass is 10.0. The number of ether oxygens (including phenoxy) is 4. The number of hydrogen-bond donors (Lipinski definition) is 1. The van der Waals surface area contributed by atoms with E-state index >= 15 is 0 Å². The average molecular weight is 1270 g/mol. The third-order valence-corrected chi connectivity index (χ3v) is 16.2. The third-order valence-electron chi connectivity index (χ3n) is 16.2. The summed E-state index contributed by atoms with van der Waals surface area (Å²) in [7, 11) is 5.97. The predicted octanol–water partition coefficient (Wildman–Crippen LogP) is 23.9. The summed E-state index contributed by atoms with van der Waals surface area (Å²) in [5.41, 5.74) is 0. The summed E-state index contributed by atoms with van der Waals surface area (Å²) in [4.78, 5) is 37.7. The molecule has 9 nitrogen and oxygen atoms in total. The van der Waals surface area contributed by atoms with Gasteiger partial charge in [0.15, 0.2) is 6.10 Å². The fraction of sp³-hybridized carbons (Fsp3) is 0.720. The van der Waals surface area contributed by atoms with Gasteiger partial charge < -0.3 is 28.5 Å². The van der Waals surface area contributed by atoms with Crippen LogP contribution in [0.15, 0.2) is 122 Å². The van der Waals surface area contributed by atoms with Crippen molar-refractivity contribution in [3.05, 3.63) is 122 Å². The number of unbranched alkanes of at least 4 members (excludes halogenated alkanes) is 34. The van der Waals surface area contributed by atoms with Crippen molar-refractivity contribution in [3.8, 4) is 0 Å². The van der Waals surface area contributed by atoms with Gasteiger partial charge in [0.2, 0.25) is 0 Å². The van der Waals surface area contributed by atoms with Crippen LogP contribution in [0.5, 0.6) is 0 Å². The number of carbonyl (C=O) groups is 3. The Morgan fingerprint density at radius 2 is 0.626 bits per heavy atom. The van der Waals surface area contributed by atoms with E-state index in [1.165, 1.54) is 173 Å². The number of carbonyl (C=O) groups excluding carboxylic acids is 2. The molecule has 91 heavy (non-hydrogen) atoms. The number of carboxylic acids is 1. The predicted molar refractivity (Wildman–Crippen MR) is 391 cm³/mol. The molecule has 9 heteroatoms. The zero-order valence-corrected chi connectivity index (χ0v) is 59.7. The quantitative estimate of drug-likeness (QED) is 0.0211. The number of hydrogen-bond acceptors (Lipinski definition) is 7. The maximum absolute atomic E-state index is 13.0. The zero-order chi connectivity index (χ0) is 66.1. The minimum Gasteiger partial charge on any atom is -0.477 e. The molecule has 0 aromatic carbocycles. The Hall–Kier alpha value is -4.31. The monoisotopic (exact) mass is 1270 g/mol. The van der Waals surface area contributed by atoms with Gasteiger partial charge in [-0.1, -0.05) is 322 Å². The van der Waals surface area contributed by atoms with E-state index in [0.717, 1.165) is 116 Å². The maximum atomic E-state index is 13.0. The molecule has 1 N–H and O–H groups in total. The fourth-order valence-electron chi connectivity index (χ4n) is 10.5. The number of nitrogens with zero attached hydrogens (tertiary/aromatic N) is 1. The largest absolute Gasteiger partial charge is 0.477 e. The van der Waals surface area contributed by atoms with Crippen LogP contribution in [0.4, 0.5) is 0 Å². The maximum Gasteiger partial charge on any atom is 0.361 e. The highest BCUT2D eigenvalue weighted by Gasteiger charge is 2.25. The van der Waals surface area contributed by atoms with Crippen LogP contribution < -0.4 is 0 Å². The smallest absolute Gasteiger partial charge is 0.361 e. The summed E-state index contributed by atoms with van der Waals surface area (Å²) in [6.45, 7) is 4.76. The molecule has 0 aromatic rings. The topological polar surface area (TPSA) is 108 Å². The van der Waals surface area contributed by atoms with E-state index in [0.29, 0.717) is 23.9 Å². The van der Waals surface area contributed by atoms with Gasteiger partial charge in [-0.2, -0.15) is 0 Å². The highest BCUT2D eigenvalue weighted by molar-refractivity contribution is 5.71. The number of quaternary nitrogens is 1. The molecule has 0 radical (unpaired) electrons. The third kappa shape index (κ3) is 73.0. The van der Waals surface area contributed by atoms with Crippen molar-refractivity contribution in [1.82, 2.24) is 0 Å². The fourth-order valence-corrected chi connectivity index (χ4v) is 10.5. The van der Waals surface area contributed by atoms with Crippen LogP contribution in [0, 0.1) is 0 Å². The highest BCUT2D eigenvalue weighted by Crippen LogP contribution is 2.18. The normalized spacial score (nSPS) is 13.4. The standard InChI is InChI=1S/C82H141NO8/c1-6-8-10-12-14-16-18-20-22-24-26-28-30-32-34-36-38-39-40-41-43-44-46-48-50-52-54-56-58-60-62-64-66-68-70-72-79(84)89-76-78(77-90-82(81(86)87)88-75-74-83(3,4)5)91-80(85)73-71-69-67-65-63-61-59-57-55-53-51-49-47-45-42-37-35-33-31-29-27-25-23-21-19-17-15-13-11-9-7-2/h9,11,15,17-18,20-21,23-24,26-27,29,33,35,42,45,49,51,55,57,78,82H,6-8,10,12-14,16,19,22,25,28,30-32,34,36-41,43-44,46-48,50,52-54,56,58-77H2,1-5H3/p+1/b11-9-,17-15-,20-18-,23-21-,26-24-,29-27-,35-33-,45-42-,51-49-,57-55-. The van der Waals surface area contributed by atoms with Crippen molar-refractivity contribution in [3.63, 3.8) is 0 Å². The van der Waals surface area contributed by atoms with Crippen molar-refractivity contribution in [2.45, 2.75) is 334 Å². The molecular weight excluding hydrogens is 1130 g/mol. The average Bonchev–Trinajstić information content (AvgIpc) is 3.65. The van der Waals surface area contributed by atoms with Gasteiger partial charge in [-0.3, -0.25) is 9.59 Å². The van der Waals surface area contributed by atoms with Crippen LogP contribution in [0.1, 0.15) is 322 Å². The van der Waals surface area contributed by atoms with Crippen LogP contribution in [-0.2, 0) is 33.3 Å². The van der Waals surface area contributed by atoms with Gasteiger partial charge in [0, 0.05) is 12.8 Å². The molecule has 0 aromatic heterocycles. The lowest BCUT2D eigenvalue weighted by Gasteiger charge is -2.25. The van der Waals surface area contributed by atoms with Gasteiger partial charge in [-0.15, -0.1) is 0 Å². The van der Waals surface area contributed by atoms with Gasteiger partial charge >= 0.3 is 17.9 Å². The van der Waals surface area contributed by atoms with Gasteiger partial charge in [0.05, 0.1) is 34.4 Å². The molecule has 0 amide bonds. The number of aliphatic carboxylic acids is 1. The van der Waals surface area contributed by atoms with Crippen molar-refractivity contribution in [2.75, 3.05) is 47.5 Å². The SMILES string of the molecule is CC/C=C\C/C=C\C/C=C\C/C=C\C/C=C\C/C=C\C/C=C\C/C=C\CCCCCCCCC(=O)OC(COC(=O)CCCCCCCCCCCCCCCCCCCCCCCCC/C=C\C/C=C\CCCCCCC)COC(OCC[N+](C)(C)C)C(=O)O. The number of esters is 2. The Labute approximate surface area is 561 Å². The molecule has 0 rings (SSSR count). The van der Waals surface area contributed by atoms with E-state index < -0.39 is 24.3 Å². The minimum atomic E-state index is -1.52. The Bertz CT molecular complexity index is 1910. The number of carboxylic acid groups (broad SMARTS) is 1. The first-order chi connectivity index (χ1) is 44.6. The lowest BCUT2D eigenvalue weighted by molar-refractivity contribution is -0.870. The second kappa shape index (κ2) is 71.5. The summed E-state index contributed by atoms with van der Waals surface area (Å²) < 4.78 is 23.0. The number of likely N-dealkylation sites (N-methyl/N-ethyl adjacent to an activating group) is 1. The number of allylic oxidation sites excluding steroid dienone is 20. The molecule has 0 aliphatic heterocycles. The molecule has 522 valence electrons. The summed E-state index contributed by atoms with van der Waals surface area (Å²) >= 11 is 0. The van der Waals surface area contributed by atoms with Crippen molar-refractivity contribution < 1.29 is 42.9 Å². The lowest BCUT2D eigenvalue weighted by Crippen LogP contribution is -2.40. The summed E-state index contributed by atoms with van der Waals surface area (Å²) in [5.74, 6) is -2.02. The molecule has 0 saturated carbocycles. The summed E-state index contributed by atoms with van der Waals surface area (Å²) in [5, 5.41) is 9.76. The molecule has 0 saturated heterocycles. The Morgan fingerprint density at radius 3 is 0.934 bits per heavy atom. The summed E-state index contributed by atoms with van der Waals surface area (Å²) in [6.07, 6.45) is 99.0. The molecule has 0 aliphatic carbocycles. The van der Waals surface area contributed by atoms with Crippen LogP contribution >= 0.6 is 0 Å². The van der Waals surface area contributed by atoms with E-state index in [9.17, 15) is 19.5 Å². The molecule has 0 heterocycles. The van der Waals surface area contributed by atoms with Gasteiger partial charge in [0.25, 0.3) is 6.29 Å². The molecule has 2 atom stereocenters. The van der Waals surface area contributed by atoms with Crippen LogP contribution in [-0.4, -0.2) is 87.4 Å². The Morgan fingerprint density at radius 1 is 0.341 bits per heavy atom. The van der Waals surface area contributed by atoms with E-state index in [4.69, 9.17) is 18.9 Å². The zero-order valence-electron chi connectivity index (χ0n) is 59.7. The van der Waals surface area contributed by atoms with E-state index in [2.05, 4.69) is 135 Å². The van der Waals surface area contributed by atoms with Crippen molar-refractivity contribution >= 4 is 17.9 Å². The van der Waals surface area contributed by atoms with Crippen LogP contribution in [0.3, 0.4) is 0 Å². The molecule has 0 spiro atoms. The first-order valence-corrected chi connectivity index (χ1v) is 37.7. The van der Waals surface area contributed by atoms with Crippen LogP contribution in [0.25, 0.3) is 0 Å². The second-order valence-corrected chi connectivity index (χ2v) is 26.2. The van der Waals surface area contributed by atoms with Crippen LogP contribution in [0.2, 0.25) is 0 Å². The summed E-state index contributed by atoms with van der Waals surface area (Å²) in [6, 6.07) is 0. The molecule has 2 unspecified atom stereocenters. The van der Waals surface area contributed by atoms with Crippen molar-refractivity contribution in [1.29, 1.82) is 0 Å². The Balaban J connectivity index is 4.10. The second-order valence-electron chi connectivity index (χ2n) is 26.2. The van der Waals surface area contributed by atoms with Gasteiger partial charge in [0.1, 0.15) is 13.2 Å². The number of rotatable bonds is 69. The van der Waals surface area contributed by atoms with E-state index in [-0.39, 0.29) is 32.2 Å². The van der Waals surface area contributed by atoms with E-state index in [1.807, 2.05) is 21.1 Å². The highest BCUT2D eigenvalue weighted by atomic mass is 16.7. The molecular formula is C82H142NO8+.